The van der Waals surface area contributed by atoms with Crippen LogP contribution >= 0.6 is 0 Å². The minimum absolute atomic E-state index is 0.268. The maximum atomic E-state index is 11.6. The van der Waals surface area contributed by atoms with Gasteiger partial charge in [0.1, 0.15) is 5.75 Å². The molecule has 1 aliphatic heterocycles. The molecule has 0 N–H and O–H groups in total. The first-order valence-corrected chi connectivity index (χ1v) is 12.8. The Morgan fingerprint density at radius 3 is 2.16 bits per heavy atom. The number of benzene rings is 2. The van der Waals surface area contributed by atoms with E-state index in [0.717, 1.165) is 35.8 Å². The zero-order valence-corrected chi connectivity index (χ0v) is 19.2. The Morgan fingerprint density at radius 1 is 1.03 bits per heavy atom. The largest absolute Gasteiger partial charge is 0.493 e. The highest BCUT2D eigenvalue weighted by molar-refractivity contribution is 7.90. The van der Waals surface area contributed by atoms with E-state index in [-0.39, 0.29) is 5.92 Å². The Morgan fingerprint density at radius 2 is 1.62 bits per heavy atom. The Hall–Kier alpha value is -2.87. The second kappa shape index (κ2) is 7.92. The number of rotatable bonds is 7. The fourth-order valence-electron chi connectivity index (χ4n) is 4.47. The lowest BCUT2D eigenvalue weighted by Crippen LogP contribution is -2.25. The molecule has 168 valence electrons. The summed E-state index contributed by atoms with van der Waals surface area (Å²) >= 11 is 0. The van der Waals surface area contributed by atoms with Crippen LogP contribution in [0.5, 0.6) is 5.75 Å². The molecule has 2 fully saturated rings. The number of piperidine rings is 1. The summed E-state index contributed by atoms with van der Waals surface area (Å²) in [4.78, 5) is 7.02. The summed E-state index contributed by atoms with van der Waals surface area (Å²) < 4.78 is 34.7. The van der Waals surface area contributed by atoms with Gasteiger partial charge in [0.15, 0.2) is 15.7 Å². The van der Waals surface area contributed by atoms with E-state index in [1.165, 1.54) is 6.26 Å². The van der Waals surface area contributed by atoms with Gasteiger partial charge in [0.05, 0.1) is 11.5 Å². The number of hydrogen-bond acceptors (Lipinski definition) is 7. The van der Waals surface area contributed by atoms with E-state index in [9.17, 15) is 8.42 Å². The summed E-state index contributed by atoms with van der Waals surface area (Å²) in [5, 5.41) is 4.06. The van der Waals surface area contributed by atoms with Crippen molar-refractivity contribution in [1.29, 1.82) is 0 Å². The van der Waals surface area contributed by atoms with Crippen LogP contribution in [0.2, 0.25) is 0 Å². The summed E-state index contributed by atoms with van der Waals surface area (Å²) in [6.45, 7) is 6.73. The lowest BCUT2D eigenvalue weighted by atomic mass is 10.1. The van der Waals surface area contributed by atoms with Crippen molar-refractivity contribution in [3.05, 3.63) is 54.4 Å². The van der Waals surface area contributed by atoms with Gasteiger partial charge in [-0.1, -0.05) is 43.3 Å². The average molecular weight is 454 g/mol. The Kier molecular flexibility index (Phi) is 5.20. The lowest BCUT2D eigenvalue weighted by Gasteiger charge is -2.17. The van der Waals surface area contributed by atoms with Crippen LogP contribution in [0, 0.1) is 17.8 Å². The predicted octanol–water partition coefficient (Wildman–Crippen LogP) is 4.02. The molecular formula is C24H27N3O4S. The first-order chi connectivity index (χ1) is 15.3. The van der Waals surface area contributed by atoms with E-state index in [0.29, 0.717) is 35.3 Å². The lowest BCUT2D eigenvalue weighted by molar-refractivity contribution is 0.282. The Balaban J connectivity index is 1.13. The van der Waals surface area contributed by atoms with Gasteiger partial charge < -0.3 is 14.2 Å². The molecule has 7 nitrogen and oxygen atoms in total. The highest BCUT2D eigenvalue weighted by Crippen LogP contribution is 2.52. The van der Waals surface area contributed by atoms with Crippen LogP contribution in [0.1, 0.15) is 25.6 Å². The summed E-state index contributed by atoms with van der Waals surface area (Å²) in [6.07, 6.45) is 1.22. The number of fused-ring (bicyclic) bond motifs is 1. The van der Waals surface area contributed by atoms with Crippen molar-refractivity contribution in [2.45, 2.75) is 24.7 Å². The molecule has 32 heavy (non-hydrogen) atoms. The van der Waals surface area contributed by atoms with Crippen LogP contribution in [0.3, 0.4) is 0 Å². The van der Waals surface area contributed by atoms with Gasteiger partial charge >= 0.3 is 6.01 Å². The fraction of sp³-hybridized carbons (Fsp3) is 0.417. The van der Waals surface area contributed by atoms with Gasteiger partial charge in [-0.15, -0.1) is 0 Å². The smallest absolute Gasteiger partial charge is 0.324 e. The van der Waals surface area contributed by atoms with E-state index in [1.807, 2.05) is 36.4 Å². The third kappa shape index (κ3) is 4.11. The number of sulfone groups is 1. The van der Waals surface area contributed by atoms with E-state index >= 15 is 0 Å². The Labute approximate surface area is 188 Å². The molecule has 3 atom stereocenters. The summed E-state index contributed by atoms with van der Waals surface area (Å²) in [5.41, 5.74) is 2.00. The highest BCUT2D eigenvalue weighted by Gasteiger charge is 2.56. The zero-order valence-electron chi connectivity index (χ0n) is 18.4. The molecule has 0 amide bonds. The SMILES string of the molecule is CC(C)c1noc(N2CC3[C@H](COc4ccc(-c5ccc(S(C)(=O)=O)cc5)cc4)[C@H]3C2)n1. The van der Waals surface area contributed by atoms with Crippen molar-refractivity contribution in [2.24, 2.45) is 17.8 Å². The van der Waals surface area contributed by atoms with Crippen molar-refractivity contribution in [3.8, 4) is 16.9 Å². The van der Waals surface area contributed by atoms with Crippen molar-refractivity contribution in [2.75, 3.05) is 30.9 Å². The van der Waals surface area contributed by atoms with E-state index in [2.05, 4.69) is 28.9 Å². The topological polar surface area (TPSA) is 85.5 Å². The number of hydrogen-bond donors (Lipinski definition) is 0. The molecule has 1 unspecified atom stereocenters. The van der Waals surface area contributed by atoms with Crippen molar-refractivity contribution in [1.82, 2.24) is 10.1 Å². The number of aromatic nitrogens is 2. The van der Waals surface area contributed by atoms with Gasteiger partial charge in [-0.25, -0.2) is 8.42 Å². The fourth-order valence-corrected chi connectivity index (χ4v) is 5.10. The maximum absolute atomic E-state index is 11.6. The van der Waals surface area contributed by atoms with E-state index in [4.69, 9.17) is 9.26 Å². The minimum atomic E-state index is -3.18. The molecule has 0 radical (unpaired) electrons. The molecule has 0 spiro atoms. The molecule has 5 rings (SSSR count). The molecular weight excluding hydrogens is 426 g/mol. The molecule has 2 heterocycles. The molecule has 1 saturated heterocycles. The maximum Gasteiger partial charge on any atom is 0.324 e. The standard InChI is InChI=1S/C24H27N3O4S/c1-15(2)23-25-24(31-26-23)27-12-20-21(13-27)22(20)14-30-18-8-4-16(5-9-18)17-6-10-19(11-7-17)32(3,28)29/h4-11,15,20-22H,12-14H2,1-3H3/t20-,21?,22+/m0/s1. The van der Waals surface area contributed by atoms with Gasteiger partial charge in [0.2, 0.25) is 0 Å². The first kappa shape index (κ1) is 21.0. The third-order valence-corrected chi connectivity index (χ3v) is 7.63. The second-order valence-electron chi connectivity index (χ2n) is 9.12. The molecule has 2 aliphatic rings. The molecule has 1 aliphatic carbocycles. The zero-order chi connectivity index (χ0) is 22.5. The van der Waals surface area contributed by atoms with Crippen molar-refractivity contribution >= 4 is 15.9 Å². The van der Waals surface area contributed by atoms with Crippen LogP contribution in [-0.4, -0.2) is 44.5 Å². The van der Waals surface area contributed by atoms with Crippen LogP contribution < -0.4 is 9.64 Å². The van der Waals surface area contributed by atoms with Crippen LogP contribution in [0.15, 0.2) is 57.9 Å². The quantitative estimate of drug-likeness (QED) is 0.534. The van der Waals surface area contributed by atoms with Gasteiger partial charge in [-0.3, -0.25) is 0 Å². The predicted molar refractivity (Wildman–Crippen MR) is 122 cm³/mol. The summed E-state index contributed by atoms with van der Waals surface area (Å²) in [7, 11) is -3.18. The molecule has 3 aromatic rings. The summed E-state index contributed by atoms with van der Waals surface area (Å²) in [6, 6.07) is 15.5. The first-order valence-electron chi connectivity index (χ1n) is 10.9. The number of nitrogens with zero attached hydrogens (tertiary/aromatic N) is 3. The normalized spacial score (nSPS) is 22.2. The van der Waals surface area contributed by atoms with E-state index in [1.54, 1.807) is 12.1 Å². The molecule has 1 saturated carbocycles. The minimum Gasteiger partial charge on any atom is -0.493 e. The van der Waals surface area contributed by atoms with Crippen LogP contribution in [0.4, 0.5) is 6.01 Å². The number of anilines is 1. The molecule has 2 aromatic carbocycles. The highest BCUT2D eigenvalue weighted by atomic mass is 32.2. The molecule has 1 aromatic heterocycles. The van der Waals surface area contributed by atoms with Gasteiger partial charge in [0.25, 0.3) is 0 Å². The van der Waals surface area contributed by atoms with Crippen LogP contribution in [0.25, 0.3) is 11.1 Å². The van der Waals surface area contributed by atoms with Crippen molar-refractivity contribution < 1.29 is 17.7 Å². The molecule has 0 bridgehead atoms. The monoisotopic (exact) mass is 453 g/mol. The Bertz CT molecular complexity index is 1190. The van der Waals surface area contributed by atoms with Gasteiger partial charge in [-0.2, -0.15) is 4.98 Å². The number of ether oxygens (including phenoxy) is 1. The average Bonchev–Trinajstić information content (AvgIpc) is 3.16. The van der Waals surface area contributed by atoms with E-state index < -0.39 is 9.84 Å². The third-order valence-electron chi connectivity index (χ3n) is 6.50. The summed E-state index contributed by atoms with van der Waals surface area (Å²) in [5.74, 6) is 3.69. The van der Waals surface area contributed by atoms with Crippen molar-refractivity contribution in [3.63, 3.8) is 0 Å². The van der Waals surface area contributed by atoms with Gasteiger partial charge in [0, 0.05) is 31.2 Å². The second-order valence-corrected chi connectivity index (χ2v) is 11.1. The molecule has 8 heteroatoms. The van der Waals surface area contributed by atoms with Crippen LogP contribution in [-0.2, 0) is 9.84 Å². The van der Waals surface area contributed by atoms with Gasteiger partial charge in [-0.05, 0) is 47.2 Å².